The molecule has 7 aromatic rings. The first-order valence-electron chi connectivity index (χ1n) is 28.3. The van der Waals surface area contributed by atoms with Gasteiger partial charge in [-0.2, -0.15) is 0 Å². The Morgan fingerprint density at radius 2 is 0.944 bits per heavy atom. The standard InChI is InChI=1S/C68H73BN2O/c1-63(2)24-26-65(5,6)51-34-44(20-22-49(51)63)70-56-38-47-42-18-16-41(17-19-42)46(47)37-55(56)69-60-57(70)32-43(40-14-12-11-13-15-40)33-58(60)71(45-21-23-50-52(35-45)66(7,8)27-25-64(50,3)4)61-48-36-53-54(39-59(48)72-62(61)69)68(10)30-28-67(53,9)29-31-68/h11-15,20-23,32-39,41-42H,16-19,24-31H2,1-10H3. The predicted octanol–water partition coefficient (Wildman–Crippen LogP) is 16.7. The number of anilines is 6. The summed E-state index contributed by atoms with van der Waals surface area (Å²) in [6.45, 7) is 24.8. The lowest BCUT2D eigenvalue weighted by atomic mass is 9.35. The van der Waals surface area contributed by atoms with Gasteiger partial charge in [0.15, 0.2) is 0 Å². The highest BCUT2D eigenvalue weighted by atomic mass is 16.3. The molecule has 3 nitrogen and oxygen atoms in total. The van der Waals surface area contributed by atoms with E-state index in [0.29, 0.717) is 11.8 Å². The topological polar surface area (TPSA) is 19.6 Å². The Bertz CT molecular complexity index is 3490. The lowest BCUT2D eigenvalue weighted by Crippen LogP contribution is -2.61. The molecule has 2 aliphatic heterocycles. The van der Waals surface area contributed by atoms with E-state index in [4.69, 9.17) is 4.42 Å². The van der Waals surface area contributed by atoms with Gasteiger partial charge >= 0.3 is 0 Å². The van der Waals surface area contributed by atoms with Crippen molar-refractivity contribution < 1.29 is 4.42 Å². The first-order chi connectivity index (χ1) is 34.3. The van der Waals surface area contributed by atoms with Crippen molar-refractivity contribution in [3.8, 4) is 11.1 Å². The lowest BCUT2D eigenvalue weighted by Gasteiger charge is -2.52. The fourth-order valence-corrected chi connectivity index (χ4v) is 16.7. The molecule has 0 saturated heterocycles. The van der Waals surface area contributed by atoms with Crippen molar-refractivity contribution in [3.63, 3.8) is 0 Å². The number of rotatable bonds is 3. The number of benzene rings is 6. The van der Waals surface area contributed by atoms with Crippen molar-refractivity contribution in [2.24, 2.45) is 0 Å². The first kappa shape index (κ1) is 44.0. The van der Waals surface area contributed by atoms with E-state index in [9.17, 15) is 0 Å². The number of hydrogen-bond acceptors (Lipinski definition) is 3. The molecule has 17 rings (SSSR count). The van der Waals surface area contributed by atoms with Gasteiger partial charge in [0.25, 0.3) is 6.71 Å². The van der Waals surface area contributed by atoms with Gasteiger partial charge in [-0.3, -0.25) is 0 Å². The second-order valence-corrected chi connectivity index (χ2v) is 27.8. The normalized spacial score (nSPS) is 26.8. The lowest BCUT2D eigenvalue weighted by molar-refractivity contribution is 0.188. The molecular formula is C68H73BN2O. The summed E-state index contributed by atoms with van der Waals surface area (Å²) in [4.78, 5) is 5.44. The Balaban J connectivity index is 1.08. The molecule has 10 aliphatic rings. The Kier molecular flexibility index (Phi) is 8.70. The highest BCUT2D eigenvalue weighted by Gasteiger charge is 2.52. The summed E-state index contributed by atoms with van der Waals surface area (Å²) in [5.41, 5.74) is 28.2. The van der Waals surface area contributed by atoms with E-state index in [1.807, 2.05) is 0 Å². The van der Waals surface area contributed by atoms with Crippen molar-refractivity contribution in [1.29, 1.82) is 0 Å². The summed E-state index contributed by atoms with van der Waals surface area (Å²) >= 11 is 0. The molecule has 0 N–H and O–H groups in total. The van der Waals surface area contributed by atoms with Crippen LogP contribution in [0.15, 0.2) is 108 Å². The number of fused-ring (bicyclic) bond motifs is 12. The minimum atomic E-state index is -0.0728. The third-order valence-electron chi connectivity index (χ3n) is 21.7. The van der Waals surface area contributed by atoms with Gasteiger partial charge in [-0.15, -0.1) is 0 Å². The summed E-state index contributed by atoms with van der Waals surface area (Å²) in [6.07, 6.45) is 15.0. The minimum Gasteiger partial charge on any atom is -0.468 e. The predicted molar refractivity (Wildman–Crippen MR) is 303 cm³/mol. The second-order valence-electron chi connectivity index (χ2n) is 27.8. The average molecular weight is 945 g/mol. The van der Waals surface area contributed by atoms with E-state index in [-0.39, 0.29) is 39.2 Å². The van der Waals surface area contributed by atoms with Crippen LogP contribution in [-0.2, 0) is 32.5 Å². The molecule has 364 valence electrons. The molecule has 3 heterocycles. The Morgan fingerprint density at radius 1 is 0.444 bits per heavy atom. The smallest absolute Gasteiger partial charge is 0.297 e. The summed E-state index contributed by atoms with van der Waals surface area (Å²) in [7, 11) is 0. The number of furan rings is 1. The maximum Gasteiger partial charge on any atom is 0.297 e. The number of nitrogens with zero attached hydrogens (tertiary/aromatic N) is 2. The quantitative estimate of drug-likeness (QED) is 0.165. The molecule has 0 unspecified atom stereocenters. The van der Waals surface area contributed by atoms with Crippen molar-refractivity contribution in [1.82, 2.24) is 0 Å². The third kappa shape index (κ3) is 5.88. The largest absolute Gasteiger partial charge is 0.468 e. The third-order valence-corrected chi connectivity index (χ3v) is 21.7. The highest BCUT2D eigenvalue weighted by Crippen LogP contribution is 2.60. The van der Waals surface area contributed by atoms with Gasteiger partial charge in [0.1, 0.15) is 5.58 Å². The Hall–Kier alpha value is -5.48. The van der Waals surface area contributed by atoms with Crippen LogP contribution in [0, 0.1) is 0 Å². The SMILES string of the molecule is CC1(C)CCC(C)(C)c2cc(N3c4cc5c(cc4B4c6oc7cc8c(cc7c6N(c6ccc7c(c6)C(C)(C)CCC7(C)C)c6cc(-c7ccccc7)cc3c64)C3(C)CCC8(C)CC3)C3CCC5CC3)ccc21. The zero-order valence-corrected chi connectivity index (χ0v) is 44.8. The molecule has 0 amide bonds. The van der Waals surface area contributed by atoms with Gasteiger partial charge in [0.05, 0.1) is 11.3 Å². The van der Waals surface area contributed by atoms with Crippen LogP contribution in [0.3, 0.4) is 0 Å². The monoisotopic (exact) mass is 945 g/mol. The molecule has 2 saturated carbocycles. The molecule has 0 atom stereocenters. The summed E-state index contributed by atoms with van der Waals surface area (Å²) < 4.78 is 7.81. The van der Waals surface area contributed by atoms with Gasteiger partial charge in [0, 0.05) is 33.8 Å². The van der Waals surface area contributed by atoms with Crippen molar-refractivity contribution >= 4 is 68.4 Å². The first-order valence-corrected chi connectivity index (χ1v) is 28.3. The van der Waals surface area contributed by atoms with Gasteiger partial charge in [-0.25, -0.2) is 0 Å². The van der Waals surface area contributed by atoms with Crippen LogP contribution >= 0.6 is 0 Å². The summed E-state index contributed by atoms with van der Waals surface area (Å²) in [5.74, 6) is 1.25. The van der Waals surface area contributed by atoms with Crippen LogP contribution in [0.2, 0.25) is 0 Å². The molecule has 72 heavy (non-hydrogen) atoms. The van der Waals surface area contributed by atoms with Gasteiger partial charge in [-0.1, -0.05) is 118 Å². The fraction of sp³-hybridized carbons (Fsp3) is 0.441. The second kappa shape index (κ2) is 14.2. The summed E-state index contributed by atoms with van der Waals surface area (Å²) in [6, 6.07) is 42.2. The molecular weight excluding hydrogens is 872 g/mol. The molecule has 4 bridgehead atoms. The average Bonchev–Trinajstić information content (AvgIpc) is 3.75. The van der Waals surface area contributed by atoms with Crippen molar-refractivity contribution in [3.05, 3.63) is 148 Å². The van der Waals surface area contributed by atoms with E-state index < -0.39 is 0 Å². The molecule has 2 fully saturated rings. The van der Waals surface area contributed by atoms with Crippen LogP contribution < -0.4 is 26.4 Å². The molecule has 6 aromatic carbocycles. The van der Waals surface area contributed by atoms with E-state index in [2.05, 4.69) is 182 Å². The van der Waals surface area contributed by atoms with Crippen LogP contribution in [0.4, 0.5) is 34.1 Å². The van der Waals surface area contributed by atoms with E-state index in [0.717, 1.165) is 11.2 Å². The summed E-state index contributed by atoms with van der Waals surface area (Å²) in [5, 5.41) is 1.27. The van der Waals surface area contributed by atoms with Gasteiger partial charge in [-0.05, 0) is 243 Å². The van der Waals surface area contributed by atoms with Crippen LogP contribution in [0.25, 0.3) is 22.1 Å². The van der Waals surface area contributed by atoms with Crippen molar-refractivity contribution in [2.45, 2.75) is 191 Å². The van der Waals surface area contributed by atoms with Crippen LogP contribution in [0.5, 0.6) is 0 Å². The zero-order valence-electron chi connectivity index (χ0n) is 44.8. The Labute approximate surface area is 429 Å². The zero-order chi connectivity index (χ0) is 49.2. The molecule has 0 spiro atoms. The van der Waals surface area contributed by atoms with E-state index >= 15 is 0 Å². The molecule has 0 radical (unpaired) electrons. The molecule has 4 heteroatoms. The van der Waals surface area contributed by atoms with Crippen LogP contribution in [0.1, 0.15) is 203 Å². The number of hydrogen-bond donors (Lipinski definition) is 0. The van der Waals surface area contributed by atoms with E-state index in [1.54, 1.807) is 16.7 Å². The van der Waals surface area contributed by atoms with Crippen molar-refractivity contribution in [2.75, 3.05) is 9.80 Å². The maximum absolute atomic E-state index is 7.81. The highest BCUT2D eigenvalue weighted by molar-refractivity contribution is 7.00. The maximum atomic E-state index is 7.81. The van der Waals surface area contributed by atoms with E-state index in [1.165, 1.54) is 166 Å². The van der Waals surface area contributed by atoms with Gasteiger partial charge < -0.3 is 14.2 Å². The molecule has 8 aliphatic carbocycles. The minimum absolute atomic E-state index is 0.0527. The fourth-order valence-electron chi connectivity index (χ4n) is 16.7. The van der Waals surface area contributed by atoms with Gasteiger partial charge in [0.2, 0.25) is 0 Å². The Morgan fingerprint density at radius 3 is 1.51 bits per heavy atom. The van der Waals surface area contributed by atoms with Crippen LogP contribution in [-0.4, -0.2) is 6.71 Å². The molecule has 1 aromatic heterocycles.